The van der Waals surface area contributed by atoms with Gasteiger partial charge in [-0.2, -0.15) is 0 Å². The molecule has 0 bridgehead atoms. The molecule has 1 unspecified atom stereocenters. The van der Waals surface area contributed by atoms with Crippen LogP contribution in [-0.2, 0) is 9.36 Å². The first-order chi connectivity index (χ1) is 6.26. The Morgan fingerprint density at radius 1 is 1.57 bits per heavy atom. The van der Waals surface area contributed by atoms with E-state index in [-0.39, 0.29) is 12.1 Å². The van der Waals surface area contributed by atoms with Gasteiger partial charge in [-0.15, -0.1) is 0 Å². The molecule has 0 aromatic carbocycles. The maximum absolute atomic E-state index is 11.1. The van der Waals surface area contributed by atoms with Crippen LogP contribution < -0.4 is 5.32 Å². The van der Waals surface area contributed by atoms with E-state index in [1.54, 1.807) is 13.8 Å². The Balaban J connectivity index is 4.24. The molecule has 3 N–H and O–H groups in total. The van der Waals surface area contributed by atoms with Crippen LogP contribution in [0.2, 0.25) is 0 Å². The fourth-order valence-corrected chi connectivity index (χ4v) is 1.80. The number of hydrogen-bond acceptors (Lipinski definition) is 2. The second-order valence-corrected chi connectivity index (χ2v) is 4.90. The molecule has 0 fully saturated rings. The molecule has 0 aromatic heterocycles. The molecular formula is C8H16NO4P. The van der Waals surface area contributed by atoms with Crippen LogP contribution in [0.4, 0.5) is 0 Å². The summed E-state index contributed by atoms with van der Waals surface area (Å²) in [5.74, 6) is -0.370. The zero-order chi connectivity index (χ0) is 11.4. The third-order valence-electron chi connectivity index (χ3n) is 1.67. The lowest BCUT2D eigenvalue weighted by Gasteiger charge is -2.17. The Morgan fingerprint density at radius 3 is 2.36 bits per heavy atom. The first-order valence-electron chi connectivity index (χ1n) is 4.27. The van der Waals surface area contributed by atoms with Gasteiger partial charge in [-0.1, -0.05) is 13.5 Å². The van der Waals surface area contributed by atoms with Crippen LogP contribution in [0, 0.1) is 0 Å². The lowest BCUT2D eigenvalue weighted by molar-refractivity contribution is -0.118. The number of carbonyl (C=O) groups is 1. The van der Waals surface area contributed by atoms with Crippen molar-refractivity contribution in [2.75, 3.05) is 6.16 Å². The zero-order valence-corrected chi connectivity index (χ0v) is 9.25. The summed E-state index contributed by atoms with van der Waals surface area (Å²) in [4.78, 5) is 28.6. The summed E-state index contributed by atoms with van der Waals surface area (Å²) in [6.07, 6.45) is 0.145. The fourth-order valence-electron chi connectivity index (χ4n) is 0.872. The molecule has 0 heterocycles. The van der Waals surface area contributed by atoms with Gasteiger partial charge in [0.2, 0.25) is 5.91 Å². The lowest BCUT2D eigenvalue weighted by Crippen LogP contribution is -2.37. The van der Waals surface area contributed by atoms with Gasteiger partial charge in [0.05, 0.1) is 6.16 Å². The van der Waals surface area contributed by atoms with E-state index in [0.29, 0.717) is 12.0 Å². The van der Waals surface area contributed by atoms with E-state index in [1.807, 2.05) is 0 Å². The minimum atomic E-state index is -4.07. The van der Waals surface area contributed by atoms with Gasteiger partial charge in [-0.05, 0) is 13.3 Å². The molecule has 82 valence electrons. The topological polar surface area (TPSA) is 86.6 Å². The highest BCUT2D eigenvalue weighted by Gasteiger charge is 2.21. The fraction of sp³-hybridized carbons (Fsp3) is 0.625. The quantitative estimate of drug-likeness (QED) is 0.469. The van der Waals surface area contributed by atoms with E-state index in [9.17, 15) is 9.36 Å². The predicted octanol–water partition coefficient (Wildman–Crippen LogP) is 0.635. The standard InChI is InChI=1S/C8H16NO4P/c1-4-7(5-14(11,12)13)9-8(10)6(2)3/h7H,2,4-5H2,1,3H3,(H,9,10)(H2,11,12,13). The molecule has 0 spiro atoms. The third-order valence-corrected chi connectivity index (χ3v) is 2.59. The van der Waals surface area contributed by atoms with Crippen LogP contribution in [0.1, 0.15) is 20.3 Å². The Labute approximate surface area is 83.4 Å². The summed E-state index contributed by atoms with van der Waals surface area (Å²) < 4.78 is 10.7. The van der Waals surface area contributed by atoms with E-state index in [1.165, 1.54) is 0 Å². The molecule has 0 saturated carbocycles. The van der Waals surface area contributed by atoms with Crippen molar-refractivity contribution in [1.29, 1.82) is 0 Å². The minimum Gasteiger partial charge on any atom is -0.349 e. The van der Waals surface area contributed by atoms with Crippen LogP contribution in [0.15, 0.2) is 12.2 Å². The van der Waals surface area contributed by atoms with Crippen LogP contribution in [0.25, 0.3) is 0 Å². The van der Waals surface area contributed by atoms with Gasteiger partial charge < -0.3 is 15.1 Å². The smallest absolute Gasteiger partial charge is 0.327 e. The molecule has 5 nitrogen and oxygen atoms in total. The largest absolute Gasteiger partial charge is 0.349 e. The molecule has 0 radical (unpaired) electrons. The van der Waals surface area contributed by atoms with E-state index in [2.05, 4.69) is 11.9 Å². The highest BCUT2D eigenvalue weighted by atomic mass is 31.2. The van der Waals surface area contributed by atoms with Gasteiger partial charge >= 0.3 is 7.60 Å². The van der Waals surface area contributed by atoms with Gasteiger partial charge in [0.25, 0.3) is 0 Å². The first kappa shape index (κ1) is 13.4. The van der Waals surface area contributed by atoms with Crippen molar-refractivity contribution in [3.63, 3.8) is 0 Å². The summed E-state index contributed by atoms with van der Waals surface area (Å²) in [7, 11) is -4.07. The number of hydrogen-bond donors (Lipinski definition) is 3. The number of carbonyl (C=O) groups excluding carboxylic acids is 1. The van der Waals surface area contributed by atoms with Crippen molar-refractivity contribution < 1.29 is 19.1 Å². The average molecular weight is 221 g/mol. The van der Waals surface area contributed by atoms with Crippen molar-refractivity contribution in [3.05, 3.63) is 12.2 Å². The Morgan fingerprint density at radius 2 is 2.07 bits per heavy atom. The van der Waals surface area contributed by atoms with Crippen molar-refractivity contribution in [2.45, 2.75) is 26.3 Å². The molecule has 0 saturated heterocycles. The predicted molar refractivity (Wildman–Crippen MR) is 53.9 cm³/mol. The lowest BCUT2D eigenvalue weighted by atomic mass is 10.2. The highest BCUT2D eigenvalue weighted by molar-refractivity contribution is 7.51. The van der Waals surface area contributed by atoms with E-state index in [0.717, 1.165) is 0 Å². The second-order valence-electron chi connectivity index (χ2n) is 3.21. The molecule has 1 atom stereocenters. The van der Waals surface area contributed by atoms with Gasteiger partial charge in [0.1, 0.15) is 0 Å². The molecule has 0 aliphatic carbocycles. The van der Waals surface area contributed by atoms with E-state index in [4.69, 9.17) is 9.79 Å². The van der Waals surface area contributed by atoms with Crippen LogP contribution in [0.3, 0.4) is 0 Å². The number of rotatable bonds is 5. The average Bonchev–Trinajstić information content (AvgIpc) is 2.00. The van der Waals surface area contributed by atoms with Gasteiger partial charge in [0, 0.05) is 11.6 Å². The molecule has 0 aliphatic rings. The van der Waals surface area contributed by atoms with Gasteiger partial charge in [-0.3, -0.25) is 9.36 Å². The van der Waals surface area contributed by atoms with Gasteiger partial charge in [-0.25, -0.2) is 0 Å². The number of amides is 1. The van der Waals surface area contributed by atoms with E-state index >= 15 is 0 Å². The molecule has 0 rings (SSSR count). The molecule has 6 heteroatoms. The Kier molecular flexibility index (Phi) is 5.05. The number of nitrogens with one attached hydrogen (secondary N) is 1. The Bertz CT molecular complexity index is 271. The zero-order valence-electron chi connectivity index (χ0n) is 8.36. The summed E-state index contributed by atoms with van der Waals surface area (Å²) in [6, 6.07) is -0.500. The summed E-state index contributed by atoms with van der Waals surface area (Å²) in [5, 5.41) is 2.49. The maximum atomic E-state index is 11.1. The van der Waals surface area contributed by atoms with Crippen molar-refractivity contribution in [2.24, 2.45) is 0 Å². The highest BCUT2D eigenvalue weighted by Crippen LogP contribution is 2.35. The van der Waals surface area contributed by atoms with Crippen molar-refractivity contribution >= 4 is 13.5 Å². The molecule has 0 aliphatic heterocycles. The normalized spacial score (nSPS) is 13.4. The summed E-state index contributed by atoms with van der Waals surface area (Å²) in [6.45, 7) is 6.72. The van der Waals surface area contributed by atoms with Crippen LogP contribution in [-0.4, -0.2) is 27.9 Å². The second kappa shape index (κ2) is 5.29. The van der Waals surface area contributed by atoms with Crippen molar-refractivity contribution in [1.82, 2.24) is 5.32 Å². The molecule has 14 heavy (non-hydrogen) atoms. The van der Waals surface area contributed by atoms with Gasteiger partial charge in [0.15, 0.2) is 0 Å². The SMILES string of the molecule is C=C(C)C(=O)NC(CC)CP(=O)(O)O. The van der Waals surface area contributed by atoms with Crippen molar-refractivity contribution in [3.8, 4) is 0 Å². The maximum Gasteiger partial charge on any atom is 0.327 e. The minimum absolute atomic E-state index is 0.328. The summed E-state index contributed by atoms with van der Waals surface area (Å²) >= 11 is 0. The molecule has 1 amide bonds. The van der Waals surface area contributed by atoms with Crippen LogP contribution in [0.5, 0.6) is 0 Å². The molecule has 0 aromatic rings. The monoisotopic (exact) mass is 221 g/mol. The van der Waals surface area contributed by atoms with E-state index < -0.39 is 13.6 Å². The first-order valence-corrected chi connectivity index (χ1v) is 6.07. The van der Waals surface area contributed by atoms with Crippen LogP contribution >= 0.6 is 7.60 Å². The summed E-state index contributed by atoms with van der Waals surface area (Å²) in [5.41, 5.74) is 0.328. The molecular weight excluding hydrogens is 205 g/mol. The third kappa shape index (κ3) is 5.91. The Hall–Kier alpha value is -0.640.